The minimum atomic E-state index is -0.227. The Hall–Kier alpha value is -2.01. The molecule has 22 heavy (non-hydrogen) atoms. The predicted octanol–water partition coefficient (Wildman–Crippen LogP) is 4.04. The van der Waals surface area contributed by atoms with Gasteiger partial charge in [0.2, 0.25) is 0 Å². The van der Waals surface area contributed by atoms with Gasteiger partial charge >= 0.3 is 0 Å². The van der Waals surface area contributed by atoms with E-state index in [1.807, 2.05) is 37.3 Å². The molecule has 0 unspecified atom stereocenters. The first kappa shape index (κ1) is 16.4. The van der Waals surface area contributed by atoms with Gasteiger partial charge in [0.25, 0.3) is 5.91 Å². The van der Waals surface area contributed by atoms with E-state index >= 15 is 0 Å². The van der Waals surface area contributed by atoms with Gasteiger partial charge < -0.3 is 14.8 Å². The molecule has 0 fully saturated rings. The van der Waals surface area contributed by atoms with Crippen molar-refractivity contribution in [1.82, 2.24) is 0 Å². The largest absolute Gasteiger partial charge is 0.495 e. The Morgan fingerprint density at radius 3 is 2.68 bits per heavy atom. The number of aryl methyl sites for hydroxylation is 1. The van der Waals surface area contributed by atoms with Crippen molar-refractivity contribution in [3.63, 3.8) is 0 Å². The van der Waals surface area contributed by atoms with Gasteiger partial charge in [0.15, 0.2) is 6.61 Å². The molecule has 0 aliphatic carbocycles. The van der Waals surface area contributed by atoms with Crippen LogP contribution >= 0.6 is 15.9 Å². The number of para-hydroxylation sites is 2. The highest BCUT2D eigenvalue weighted by molar-refractivity contribution is 9.10. The zero-order chi connectivity index (χ0) is 15.9. The smallest absolute Gasteiger partial charge is 0.262 e. The summed E-state index contributed by atoms with van der Waals surface area (Å²) in [7, 11) is 1.57. The lowest BCUT2D eigenvalue weighted by Crippen LogP contribution is -2.20. The molecule has 2 aromatic carbocycles. The summed E-state index contributed by atoms with van der Waals surface area (Å²) in [5.41, 5.74) is 1.68. The molecule has 0 bridgehead atoms. The SMILES string of the molecule is CCc1cc(Br)ccc1OCC(=O)Nc1ccccc1OC. The molecule has 0 saturated carbocycles. The lowest BCUT2D eigenvalue weighted by Gasteiger charge is -2.12. The molecule has 0 aliphatic heterocycles. The van der Waals surface area contributed by atoms with Gasteiger partial charge in [-0.05, 0) is 42.3 Å². The quantitative estimate of drug-likeness (QED) is 0.842. The third kappa shape index (κ3) is 4.24. The number of hydrogen-bond donors (Lipinski definition) is 1. The van der Waals surface area contributed by atoms with Gasteiger partial charge in [-0.25, -0.2) is 0 Å². The number of hydrogen-bond acceptors (Lipinski definition) is 3. The predicted molar refractivity (Wildman–Crippen MR) is 90.6 cm³/mol. The minimum Gasteiger partial charge on any atom is -0.495 e. The molecule has 5 heteroatoms. The van der Waals surface area contributed by atoms with E-state index in [9.17, 15) is 4.79 Å². The Kier molecular flexibility index (Phi) is 5.83. The van der Waals surface area contributed by atoms with Crippen molar-refractivity contribution < 1.29 is 14.3 Å². The summed E-state index contributed by atoms with van der Waals surface area (Å²) in [6.07, 6.45) is 0.836. The number of amides is 1. The van der Waals surface area contributed by atoms with E-state index in [0.29, 0.717) is 11.4 Å². The number of carbonyl (C=O) groups excluding carboxylic acids is 1. The molecule has 0 saturated heterocycles. The summed E-state index contributed by atoms with van der Waals surface area (Å²) in [5.74, 6) is 1.11. The first-order valence-corrected chi connectivity index (χ1v) is 7.77. The molecule has 1 amide bonds. The standard InChI is InChI=1S/C17H18BrNO3/c1-3-12-10-13(18)8-9-15(12)22-11-17(20)19-14-6-4-5-7-16(14)21-2/h4-10H,3,11H2,1-2H3,(H,19,20). The van der Waals surface area contributed by atoms with E-state index in [4.69, 9.17) is 9.47 Å². The summed E-state index contributed by atoms with van der Waals surface area (Å²) in [4.78, 5) is 12.0. The van der Waals surface area contributed by atoms with Crippen LogP contribution < -0.4 is 14.8 Å². The van der Waals surface area contributed by atoms with E-state index in [1.54, 1.807) is 19.2 Å². The fourth-order valence-corrected chi connectivity index (χ4v) is 2.45. The van der Waals surface area contributed by atoms with E-state index in [2.05, 4.69) is 21.2 Å². The molecule has 0 aliphatic rings. The summed E-state index contributed by atoms with van der Waals surface area (Å²) in [6, 6.07) is 13.0. The number of nitrogens with one attached hydrogen (secondary N) is 1. The van der Waals surface area contributed by atoms with Gasteiger partial charge in [0.05, 0.1) is 12.8 Å². The van der Waals surface area contributed by atoms with Crippen LogP contribution in [0, 0.1) is 0 Å². The second-order valence-electron chi connectivity index (χ2n) is 4.64. The topological polar surface area (TPSA) is 47.6 Å². The van der Waals surface area contributed by atoms with Crippen molar-refractivity contribution in [2.45, 2.75) is 13.3 Å². The number of rotatable bonds is 6. The summed E-state index contributed by atoms with van der Waals surface area (Å²) in [6.45, 7) is 2.00. The van der Waals surface area contributed by atoms with Crippen LogP contribution in [0.15, 0.2) is 46.9 Å². The van der Waals surface area contributed by atoms with Crippen LogP contribution in [0.25, 0.3) is 0 Å². The minimum absolute atomic E-state index is 0.0489. The lowest BCUT2D eigenvalue weighted by molar-refractivity contribution is -0.118. The van der Waals surface area contributed by atoms with Crippen molar-refractivity contribution >= 4 is 27.5 Å². The Morgan fingerprint density at radius 1 is 1.18 bits per heavy atom. The fraction of sp³-hybridized carbons (Fsp3) is 0.235. The van der Waals surface area contributed by atoms with Crippen LogP contribution in [0.1, 0.15) is 12.5 Å². The Bertz CT molecular complexity index is 658. The molecule has 2 rings (SSSR count). The van der Waals surface area contributed by atoms with Crippen LogP contribution in [-0.2, 0) is 11.2 Å². The van der Waals surface area contributed by atoms with E-state index in [1.165, 1.54) is 0 Å². The van der Waals surface area contributed by atoms with Crippen molar-refractivity contribution in [1.29, 1.82) is 0 Å². The molecule has 0 heterocycles. The van der Waals surface area contributed by atoms with E-state index in [0.717, 1.165) is 22.2 Å². The first-order valence-electron chi connectivity index (χ1n) is 6.98. The second kappa shape index (κ2) is 7.84. The summed E-state index contributed by atoms with van der Waals surface area (Å²) >= 11 is 3.43. The number of ether oxygens (including phenoxy) is 2. The Labute approximate surface area is 138 Å². The highest BCUT2D eigenvalue weighted by Crippen LogP contribution is 2.25. The first-order chi connectivity index (χ1) is 10.6. The number of halogens is 1. The van der Waals surface area contributed by atoms with Crippen molar-refractivity contribution in [3.8, 4) is 11.5 Å². The molecule has 0 radical (unpaired) electrons. The average molecular weight is 364 g/mol. The molecule has 0 spiro atoms. The van der Waals surface area contributed by atoms with Crippen LogP contribution in [-0.4, -0.2) is 19.6 Å². The van der Waals surface area contributed by atoms with Crippen LogP contribution in [0.4, 0.5) is 5.69 Å². The van der Waals surface area contributed by atoms with Crippen molar-refractivity contribution in [3.05, 3.63) is 52.5 Å². The maximum atomic E-state index is 12.0. The van der Waals surface area contributed by atoms with Gasteiger partial charge in [-0.2, -0.15) is 0 Å². The fourth-order valence-electron chi connectivity index (χ4n) is 2.04. The van der Waals surface area contributed by atoms with Gasteiger partial charge in [0, 0.05) is 4.47 Å². The normalized spacial score (nSPS) is 10.1. The molecule has 2 aromatic rings. The number of anilines is 1. The summed E-state index contributed by atoms with van der Waals surface area (Å²) < 4.78 is 11.8. The summed E-state index contributed by atoms with van der Waals surface area (Å²) in [5, 5.41) is 2.78. The van der Waals surface area contributed by atoms with Gasteiger partial charge in [0.1, 0.15) is 11.5 Å². The maximum Gasteiger partial charge on any atom is 0.262 e. The Morgan fingerprint density at radius 2 is 1.95 bits per heavy atom. The third-order valence-corrected chi connectivity index (χ3v) is 3.64. The van der Waals surface area contributed by atoms with Crippen LogP contribution in [0.2, 0.25) is 0 Å². The van der Waals surface area contributed by atoms with E-state index in [-0.39, 0.29) is 12.5 Å². The van der Waals surface area contributed by atoms with Crippen LogP contribution in [0.3, 0.4) is 0 Å². The van der Waals surface area contributed by atoms with Crippen molar-refractivity contribution in [2.75, 3.05) is 19.0 Å². The molecule has 0 atom stereocenters. The molecule has 1 N–H and O–H groups in total. The zero-order valence-corrected chi connectivity index (χ0v) is 14.1. The average Bonchev–Trinajstić information content (AvgIpc) is 2.54. The number of carbonyl (C=O) groups is 1. The van der Waals surface area contributed by atoms with Crippen molar-refractivity contribution in [2.24, 2.45) is 0 Å². The second-order valence-corrected chi connectivity index (χ2v) is 5.56. The number of methoxy groups -OCH3 is 1. The molecule has 116 valence electrons. The van der Waals surface area contributed by atoms with Gasteiger partial charge in [-0.3, -0.25) is 4.79 Å². The van der Waals surface area contributed by atoms with Gasteiger partial charge in [-0.15, -0.1) is 0 Å². The Balaban J connectivity index is 1.98. The zero-order valence-electron chi connectivity index (χ0n) is 12.6. The molecule has 0 aromatic heterocycles. The highest BCUT2D eigenvalue weighted by atomic mass is 79.9. The van der Waals surface area contributed by atoms with Gasteiger partial charge in [-0.1, -0.05) is 35.0 Å². The molecular weight excluding hydrogens is 346 g/mol. The monoisotopic (exact) mass is 363 g/mol. The number of benzene rings is 2. The third-order valence-electron chi connectivity index (χ3n) is 3.14. The highest BCUT2D eigenvalue weighted by Gasteiger charge is 2.09. The lowest BCUT2D eigenvalue weighted by atomic mass is 10.1. The van der Waals surface area contributed by atoms with E-state index < -0.39 is 0 Å². The maximum absolute atomic E-state index is 12.0. The molecule has 4 nitrogen and oxygen atoms in total. The van der Waals surface area contributed by atoms with Crippen LogP contribution in [0.5, 0.6) is 11.5 Å². The molecular formula is C17H18BrNO3.